The van der Waals surface area contributed by atoms with Crippen molar-refractivity contribution < 1.29 is 13.9 Å². The fourth-order valence-electron chi connectivity index (χ4n) is 2.48. The Labute approximate surface area is 125 Å². The molecular formula is C16H23FN2O2. The Morgan fingerprint density at radius 3 is 2.57 bits per heavy atom. The summed E-state index contributed by atoms with van der Waals surface area (Å²) in [6.07, 6.45) is 1.37. The zero-order valence-electron chi connectivity index (χ0n) is 12.6. The minimum Gasteiger partial charge on any atom is -0.481 e. The second-order valence-electron chi connectivity index (χ2n) is 5.43. The molecule has 116 valence electrons. The van der Waals surface area contributed by atoms with Crippen molar-refractivity contribution in [2.24, 2.45) is 0 Å². The molecule has 1 heterocycles. The lowest BCUT2D eigenvalue weighted by molar-refractivity contribution is -0.128. The maximum Gasteiger partial charge on any atom is 0.260 e. The van der Waals surface area contributed by atoms with Gasteiger partial charge < -0.3 is 15.0 Å². The SMILES string of the molecule is CCN1CCC(NC(=O)[C@H](C)Oc2ccc(F)cc2)CC1. The highest BCUT2D eigenvalue weighted by atomic mass is 19.1. The van der Waals surface area contributed by atoms with Gasteiger partial charge in [-0.25, -0.2) is 4.39 Å². The largest absolute Gasteiger partial charge is 0.481 e. The molecule has 0 unspecified atom stereocenters. The standard InChI is InChI=1S/C16H23FN2O2/c1-3-19-10-8-14(9-11-19)18-16(20)12(2)21-15-6-4-13(17)5-7-15/h4-7,12,14H,3,8-11H2,1-2H3,(H,18,20)/t12-/m0/s1. The van der Waals surface area contributed by atoms with Gasteiger partial charge in [0.1, 0.15) is 11.6 Å². The molecule has 1 fully saturated rings. The van der Waals surface area contributed by atoms with Gasteiger partial charge in [-0.2, -0.15) is 0 Å². The number of rotatable bonds is 5. The van der Waals surface area contributed by atoms with Crippen molar-refractivity contribution in [2.45, 2.75) is 38.8 Å². The van der Waals surface area contributed by atoms with Crippen LogP contribution in [0.4, 0.5) is 4.39 Å². The summed E-state index contributed by atoms with van der Waals surface area (Å²) in [6, 6.07) is 5.91. The second-order valence-corrected chi connectivity index (χ2v) is 5.43. The third-order valence-corrected chi connectivity index (χ3v) is 3.88. The fourth-order valence-corrected chi connectivity index (χ4v) is 2.48. The zero-order valence-corrected chi connectivity index (χ0v) is 12.6. The summed E-state index contributed by atoms with van der Waals surface area (Å²) in [7, 11) is 0. The molecule has 21 heavy (non-hydrogen) atoms. The monoisotopic (exact) mass is 294 g/mol. The molecule has 1 saturated heterocycles. The number of ether oxygens (including phenoxy) is 1. The van der Waals surface area contributed by atoms with Crippen molar-refractivity contribution in [3.8, 4) is 5.75 Å². The molecular weight excluding hydrogens is 271 g/mol. The predicted octanol–water partition coefficient (Wildman–Crippen LogP) is 2.19. The molecule has 4 nitrogen and oxygen atoms in total. The van der Waals surface area contributed by atoms with E-state index in [4.69, 9.17) is 4.74 Å². The minimum absolute atomic E-state index is 0.116. The summed E-state index contributed by atoms with van der Waals surface area (Å²) in [5.74, 6) is 0.0660. The first-order valence-electron chi connectivity index (χ1n) is 7.53. The molecule has 0 saturated carbocycles. The van der Waals surface area contributed by atoms with Crippen LogP contribution in [0.1, 0.15) is 26.7 Å². The van der Waals surface area contributed by atoms with Crippen molar-refractivity contribution in [1.29, 1.82) is 0 Å². The van der Waals surface area contributed by atoms with Crippen LogP contribution in [0.5, 0.6) is 5.75 Å². The van der Waals surface area contributed by atoms with Crippen molar-refractivity contribution >= 4 is 5.91 Å². The van der Waals surface area contributed by atoms with Gasteiger partial charge in [0.15, 0.2) is 6.10 Å². The predicted molar refractivity (Wildman–Crippen MR) is 79.8 cm³/mol. The summed E-state index contributed by atoms with van der Waals surface area (Å²) in [5.41, 5.74) is 0. The number of nitrogens with one attached hydrogen (secondary N) is 1. The number of hydrogen-bond donors (Lipinski definition) is 1. The molecule has 2 rings (SSSR count). The molecule has 0 spiro atoms. The first kappa shape index (κ1) is 15.8. The Balaban J connectivity index is 1.78. The molecule has 5 heteroatoms. The number of amides is 1. The third kappa shape index (κ3) is 4.70. The van der Waals surface area contributed by atoms with Gasteiger partial charge >= 0.3 is 0 Å². The van der Waals surface area contributed by atoms with Crippen LogP contribution >= 0.6 is 0 Å². The number of nitrogens with zero attached hydrogens (tertiary/aromatic N) is 1. The van der Waals surface area contributed by atoms with E-state index in [2.05, 4.69) is 17.1 Å². The Hall–Kier alpha value is -1.62. The number of likely N-dealkylation sites (tertiary alicyclic amines) is 1. The van der Waals surface area contributed by atoms with E-state index in [1.54, 1.807) is 6.92 Å². The molecule has 1 aliphatic heterocycles. The van der Waals surface area contributed by atoms with E-state index in [0.717, 1.165) is 32.5 Å². The van der Waals surface area contributed by atoms with Crippen LogP contribution < -0.4 is 10.1 Å². The van der Waals surface area contributed by atoms with E-state index < -0.39 is 6.10 Å². The van der Waals surface area contributed by atoms with Crippen LogP contribution in [-0.2, 0) is 4.79 Å². The number of halogens is 1. The fraction of sp³-hybridized carbons (Fsp3) is 0.562. The van der Waals surface area contributed by atoms with Gasteiger partial charge in [-0.3, -0.25) is 4.79 Å². The lowest BCUT2D eigenvalue weighted by Crippen LogP contribution is -2.48. The van der Waals surface area contributed by atoms with Gasteiger partial charge in [0, 0.05) is 19.1 Å². The molecule has 1 aromatic rings. The lowest BCUT2D eigenvalue weighted by Gasteiger charge is -2.32. The number of hydrogen-bond acceptors (Lipinski definition) is 3. The number of carbonyl (C=O) groups is 1. The van der Waals surface area contributed by atoms with Gasteiger partial charge in [-0.15, -0.1) is 0 Å². The zero-order chi connectivity index (χ0) is 15.2. The summed E-state index contributed by atoms with van der Waals surface area (Å²) in [4.78, 5) is 14.5. The Kier molecular flexibility index (Phi) is 5.56. The van der Waals surface area contributed by atoms with Gasteiger partial charge in [0.25, 0.3) is 5.91 Å². The molecule has 0 bridgehead atoms. The van der Waals surface area contributed by atoms with Crippen molar-refractivity contribution in [3.05, 3.63) is 30.1 Å². The summed E-state index contributed by atoms with van der Waals surface area (Å²) in [5, 5.41) is 3.03. The first-order chi connectivity index (χ1) is 10.1. The maximum absolute atomic E-state index is 12.8. The van der Waals surface area contributed by atoms with Gasteiger partial charge in [0.05, 0.1) is 0 Å². The summed E-state index contributed by atoms with van der Waals surface area (Å²) < 4.78 is 18.3. The molecule has 1 aliphatic rings. The number of carbonyl (C=O) groups excluding carboxylic acids is 1. The van der Waals surface area contributed by atoms with Crippen LogP contribution in [0.3, 0.4) is 0 Å². The van der Waals surface area contributed by atoms with Crippen LogP contribution in [0.15, 0.2) is 24.3 Å². The summed E-state index contributed by atoms with van der Waals surface area (Å²) in [6.45, 7) is 6.96. The maximum atomic E-state index is 12.8. The van der Waals surface area contributed by atoms with Crippen LogP contribution in [0.2, 0.25) is 0 Å². The highest BCUT2D eigenvalue weighted by molar-refractivity contribution is 5.81. The van der Waals surface area contributed by atoms with Crippen molar-refractivity contribution in [2.75, 3.05) is 19.6 Å². The number of piperidine rings is 1. The molecule has 1 atom stereocenters. The number of benzene rings is 1. The summed E-state index contributed by atoms with van der Waals surface area (Å²) >= 11 is 0. The van der Waals surface area contributed by atoms with Crippen LogP contribution in [-0.4, -0.2) is 42.6 Å². The highest BCUT2D eigenvalue weighted by Crippen LogP contribution is 2.14. The molecule has 0 radical (unpaired) electrons. The topological polar surface area (TPSA) is 41.6 Å². The van der Waals surface area contributed by atoms with E-state index in [0.29, 0.717) is 5.75 Å². The molecule has 1 N–H and O–H groups in total. The van der Waals surface area contributed by atoms with E-state index in [1.807, 2.05) is 0 Å². The van der Waals surface area contributed by atoms with Crippen LogP contribution in [0, 0.1) is 5.82 Å². The quantitative estimate of drug-likeness (QED) is 0.905. The third-order valence-electron chi connectivity index (χ3n) is 3.88. The Morgan fingerprint density at radius 2 is 2.00 bits per heavy atom. The minimum atomic E-state index is -0.584. The van der Waals surface area contributed by atoms with Crippen LogP contribution in [0.25, 0.3) is 0 Å². The smallest absolute Gasteiger partial charge is 0.260 e. The molecule has 0 aromatic heterocycles. The normalized spacial score (nSPS) is 18.2. The lowest BCUT2D eigenvalue weighted by atomic mass is 10.0. The highest BCUT2D eigenvalue weighted by Gasteiger charge is 2.22. The van der Waals surface area contributed by atoms with E-state index in [-0.39, 0.29) is 17.8 Å². The van der Waals surface area contributed by atoms with Crippen molar-refractivity contribution in [1.82, 2.24) is 10.2 Å². The first-order valence-corrected chi connectivity index (χ1v) is 7.53. The van der Waals surface area contributed by atoms with E-state index in [1.165, 1.54) is 24.3 Å². The van der Waals surface area contributed by atoms with E-state index in [9.17, 15) is 9.18 Å². The van der Waals surface area contributed by atoms with Gasteiger partial charge in [-0.1, -0.05) is 6.92 Å². The van der Waals surface area contributed by atoms with E-state index >= 15 is 0 Å². The molecule has 1 aromatic carbocycles. The van der Waals surface area contributed by atoms with Gasteiger partial charge in [0.2, 0.25) is 0 Å². The Morgan fingerprint density at radius 1 is 1.38 bits per heavy atom. The van der Waals surface area contributed by atoms with Gasteiger partial charge in [-0.05, 0) is 50.6 Å². The Bertz CT molecular complexity index is 456. The average molecular weight is 294 g/mol. The molecule has 0 aliphatic carbocycles. The van der Waals surface area contributed by atoms with Crippen molar-refractivity contribution in [3.63, 3.8) is 0 Å². The molecule has 1 amide bonds. The second kappa shape index (κ2) is 7.41. The average Bonchev–Trinajstić information content (AvgIpc) is 2.50.